The zero-order valence-corrected chi connectivity index (χ0v) is 13.2. The van der Waals surface area contributed by atoms with Gasteiger partial charge in [-0.1, -0.05) is 6.07 Å². The van der Waals surface area contributed by atoms with Gasteiger partial charge in [0.15, 0.2) is 0 Å². The van der Waals surface area contributed by atoms with Crippen molar-refractivity contribution in [2.24, 2.45) is 0 Å². The first kappa shape index (κ1) is 15.9. The SMILES string of the molecule is O=C(CN1CCOCC1)Nc1ccc2cc(C(=O)NO)sc2c1. The van der Waals surface area contributed by atoms with E-state index in [1.54, 1.807) is 17.6 Å². The van der Waals surface area contributed by atoms with E-state index < -0.39 is 5.91 Å². The van der Waals surface area contributed by atoms with Gasteiger partial charge in [-0.05, 0) is 23.6 Å². The molecule has 1 aromatic heterocycles. The third kappa shape index (κ3) is 3.85. The van der Waals surface area contributed by atoms with Crippen molar-refractivity contribution in [2.45, 2.75) is 0 Å². The molecule has 23 heavy (non-hydrogen) atoms. The van der Waals surface area contributed by atoms with Gasteiger partial charge in [-0.2, -0.15) is 0 Å². The van der Waals surface area contributed by atoms with Gasteiger partial charge in [0, 0.05) is 23.5 Å². The second-order valence-corrected chi connectivity index (χ2v) is 6.32. The topological polar surface area (TPSA) is 90.9 Å². The number of nitrogens with zero attached hydrogens (tertiary/aromatic N) is 1. The second kappa shape index (κ2) is 7.05. The number of fused-ring (bicyclic) bond motifs is 1. The van der Waals surface area contributed by atoms with E-state index in [4.69, 9.17) is 9.94 Å². The summed E-state index contributed by atoms with van der Waals surface area (Å²) in [5.41, 5.74) is 2.31. The van der Waals surface area contributed by atoms with Gasteiger partial charge in [0.05, 0.1) is 24.6 Å². The van der Waals surface area contributed by atoms with Crippen LogP contribution < -0.4 is 10.8 Å². The van der Waals surface area contributed by atoms with Crippen molar-refractivity contribution in [3.63, 3.8) is 0 Å². The minimum Gasteiger partial charge on any atom is -0.379 e. The highest BCUT2D eigenvalue weighted by Gasteiger charge is 2.15. The highest BCUT2D eigenvalue weighted by atomic mass is 32.1. The number of nitrogens with one attached hydrogen (secondary N) is 2. The Labute approximate surface area is 136 Å². The number of thiophene rings is 1. The van der Waals surface area contributed by atoms with Crippen LogP contribution in [0.5, 0.6) is 0 Å². The van der Waals surface area contributed by atoms with Crippen LogP contribution in [0.25, 0.3) is 10.1 Å². The van der Waals surface area contributed by atoms with E-state index in [9.17, 15) is 9.59 Å². The minimum absolute atomic E-state index is 0.0730. The van der Waals surface area contributed by atoms with E-state index in [1.165, 1.54) is 11.3 Å². The molecule has 1 aliphatic rings. The molecule has 0 saturated carbocycles. The third-order valence-electron chi connectivity index (χ3n) is 3.60. The largest absolute Gasteiger partial charge is 0.379 e. The molecule has 8 heteroatoms. The first-order chi connectivity index (χ1) is 11.2. The minimum atomic E-state index is -0.538. The average Bonchev–Trinajstić information content (AvgIpc) is 2.98. The van der Waals surface area contributed by atoms with Crippen LogP contribution >= 0.6 is 11.3 Å². The number of hydrogen-bond acceptors (Lipinski definition) is 6. The first-order valence-corrected chi connectivity index (χ1v) is 8.05. The van der Waals surface area contributed by atoms with Gasteiger partial charge >= 0.3 is 0 Å². The summed E-state index contributed by atoms with van der Waals surface area (Å²) in [6.45, 7) is 3.17. The van der Waals surface area contributed by atoms with E-state index in [1.807, 2.05) is 17.0 Å². The molecule has 1 saturated heterocycles. The maximum Gasteiger partial charge on any atom is 0.284 e. The Hall–Kier alpha value is -2.00. The molecular weight excluding hydrogens is 318 g/mol. The van der Waals surface area contributed by atoms with Crippen molar-refractivity contribution < 1.29 is 19.5 Å². The molecule has 2 aromatic rings. The Morgan fingerprint density at radius 2 is 2.04 bits per heavy atom. The Balaban J connectivity index is 1.67. The molecule has 2 amide bonds. The van der Waals surface area contributed by atoms with Crippen LogP contribution in [0.2, 0.25) is 0 Å². The van der Waals surface area contributed by atoms with Crippen molar-refractivity contribution in [1.82, 2.24) is 10.4 Å². The maximum absolute atomic E-state index is 12.1. The van der Waals surface area contributed by atoms with Crippen molar-refractivity contribution in [3.8, 4) is 0 Å². The van der Waals surface area contributed by atoms with Gasteiger partial charge in [0.2, 0.25) is 5.91 Å². The molecule has 0 bridgehead atoms. The summed E-state index contributed by atoms with van der Waals surface area (Å²) < 4.78 is 6.12. The van der Waals surface area contributed by atoms with Crippen LogP contribution in [0, 0.1) is 0 Å². The Kier molecular flexibility index (Phi) is 4.87. The molecule has 122 valence electrons. The molecule has 0 atom stereocenters. The van der Waals surface area contributed by atoms with Gasteiger partial charge in [0.25, 0.3) is 5.91 Å². The second-order valence-electron chi connectivity index (χ2n) is 5.24. The molecule has 0 spiro atoms. The number of hydroxylamine groups is 1. The number of hydrogen-bond donors (Lipinski definition) is 3. The molecule has 0 radical (unpaired) electrons. The zero-order chi connectivity index (χ0) is 16.2. The number of rotatable bonds is 4. The first-order valence-electron chi connectivity index (χ1n) is 7.24. The molecular formula is C15H17N3O4S. The standard InChI is InChI=1S/C15H17N3O4S/c19-14(9-18-3-5-22-6-4-18)16-11-2-1-10-7-13(15(20)17-21)23-12(10)8-11/h1-2,7-8,21H,3-6,9H2,(H,16,19)(H,17,20). The lowest BCUT2D eigenvalue weighted by molar-refractivity contribution is -0.118. The maximum atomic E-state index is 12.1. The monoisotopic (exact) mass is 335 g/mol. The molecule has 3 N–H and O–H groups in total. The van der Waals surface area contributed by atoms with Gasteiger partial charge < -0.3 is 10.1 Å². The summed E-state index contributed by atoms with van der Waals surface area (Å²) in [5.74, 6) is -0.611. The molecule has 1 fully saturated rings. The molecule has 0 unspecified atom stereocenters. The fourth-order valence-electron chi connectivity index (χ4n) is 2.44. The molecule has 2 heterocycles. The third-order valence-corrected chi connectivity index (χ3v) is 4.70. The van der Waals surface area contributed by atoms with Crippen LogP contribution in [0.4, 0.5) is 5.69 Å². The Morgan fingerprint density at radius 3 is 2.78 bits per heavy atom. The lowest BCUT2D eigenvalue weighted by Gasteiger charge is -2.25. The fourth-order valence-corrected chi connectivity index (χ4v) is 3.43. The van der Waals surface area contributed by atoms with Crippen LogP contribution in [-0.2, 0) is 9.53 Å². The van der Waals surface area contributed by atoms with E-state index in [0.717, 1.165) is 23.2 Å². The quantitative estimate of drug-likeness (QED) is 0.579. The molecule has 0 aliphatic carbocycles. The van der Waals surface area contributed by atoms with Crippen LogP contribution in [0.15, 0.2) is 24.3 Å². The zero-order valence-electron chi connectivity index (χ0n) is 12.4. The number of carbonyl (C=O) groups is 2. The number of ether oxygens (including phenoxy) is 1. The Bertz CT molecular complexity index is 725. The smallest absolute Gasteiger partial charge is 0.284 e. The van der Waals surface area contributed by atoms with Crippen LogP contribution in [0.1, 0.15) is 9.67 Å². The summed E-state index contributed by atoms with van der Waals surface area (Å²) in [4.78, 5) is 26.0. The summed E-state index contributed by atoms with van der Waals surface area (Å²) in [5, 5.41) is 12.4. The fraction of sp³-hybridized carbons (Fsp3) is 0.333. The number of benzene rings is 1. The van der Waals surface area contributed by atoms with E-state index in [0.29, 0.717) is 30.3 Å². The highest BCUT2D eigenvalue weighted by molar-refractivity contribution is 7.20. The number of anilines is 1. The highest BCUT2D eigenvalue weighted by Crippen LogP contribution is 2.28. The summed E-state index contributed by atoms with van der Waals surface area (Å²) in [6, 6.07) is 7.16. The van der Waals surface area contributed by atoms with Gasteiger partial charge in [-0.15, -0.1) is 11.3 Å². The van der Waals surface area contributed by atoms with Crippen LogP contribution in [-0.4, -0.2) is 54.8 Å². The van der Waals surface area contributed by atoms with Crippen molar-refractivity contribution in [3.05, 3.63) is 29.1 Å². The Morgan fingerprint density at radius 1 is 1.26 bits per heavy atom. The van der Waals surface area contributed by atoms with E-state index >= 15 is 0 Å². The normalized spacial score (nSPS) is 15.5. The molecule has 3 rings (SSSR count). The number of carbonyl (C=O) groups excluding carboxylic acids is 2. The predicted octanol–water partition coefficient (Wildman–Crippen LogP) is 1.29. The summed E-state index contributed by atoms with van der Waals surface area (Å²) in [6.07, 6.45) is 0. The predicted molar refractivity (Wildman–Crippen MR) is 87.0 cm³/mol. The lowest BCUT2D eigenvalue weighted by Crippen LogP contribution is -2.41. The van der Waals surface area contributed by atoms with E-state index in [2.05, 4.69) is 5.32 Å². The molecule has 1 aliphatic heterocycles. The molecule has 7 nitrogen and oxygen atoms in total. The molecule has 1 aromatic carbocycles. The van der Waals surface area contributed by atoms with E-state index in [-0.39, 0.29) is 5.91 Å². The lowest BCUT2D eigenvalue weighted by atomic mass is 10.2. The number of amides is 2. The summed E-state index contributed by atoms with van der Waals surface area (Å²) in [7, 11) is 0. The van der Waals surface area contributed by atoms with Crippen molar-refractivity contribution in [1.29, 1.82) is 0 Å². The average molecular weight is 335 g/mol. The van der Waals surface area contributed by atoms with Gasteiger partial charge in [-0.3, -0.25) is 19.7 Å². The van der Waals surface area contributed by atoms with Crippen molar-refractivity contribution >= 4 is 38.9 Å². The van der Waals surface area contributed by atoms with Crippen molar-refractivity contribution in [2.75, 3.05) is 38.2 Å². The number of morpholine rings is 1. The van der Waals surface area contributed by atoms with Gasteiger partial charge in [0.1, 0.15) is 0 Å². The van der Waals surface area contributed by atoms with Gasteiger partial charge in [-0.25, -0.2) is 5.48 Å². The summed E-state index contributed by atoms with van der Waals surface area (Å²) >= 11 is 1.26. The van der Waals surface area contributed by atoms with Crippen LogP contribution in [0.3, 0.4) is 0 Å².